The first-order valence-electron chi connectivity index (χ1n) is 13.1. The fraction of sp³-hybridized carbons (Fsp3) is 0.0588. The lowest BCUT2D eigenvalue weighted by atomic mass is 9.98. The Hall–Kier alpha value is -5.64. The third kappa shape index (κ3) is 6.67. The second-order valence-electron chi connectivity index (χ2n) is 9.78. The Bertz CT molecular complexity index is 2060. The molecule has 0 aromatic heterocycles. The first-order valence-corrected chi connectivity index (χ1v) is 13.1. The Morgan fingerprint density at radius 1 is 0.596 bits per heavy atom. The summed E-state index contributed by atoms with van der Waals surface area (Å²) in [6.45, 7) is 0. The second-order valence-corrected chi connectivity index (χ2v) is 9.78. The van der Waals surface area contributed by atoms with Gasteiger partial charge in [0, 0.05) is 34.9 Å². The van der Waals surface area contributed by atoms with E-state index in [0.29, 0.717) is 12.1 Å². The van der Waals surface area contributed by atoms with Crippen molar-refractivity contribution in [2.24, 2.45) is 0 Å². The van der Waals surface area contributed by atoms with E-state index in [1.165, 1.54) is 30.3 Å². The van der Waals surface area contributed by atoms with Crippen molar-refractivity contribution < 1.29 is 58.5 Å². The van der Waals surface area contributed by atoms with E-state index < -0.39 is 75.1 Å². The van der Waals surface area contributed by atoms with Crippen LogP contribution in [0.25, 0.3) is 22.3 Å². The third-order valence-electron chi connectivity index (χ3n) is 6.69. The maximum Gasteiger partial charge on any atom is 0.432 e. The Kier molecular flexibility index (Phi) is 8.80. The molecule has 5 aromatic carbocycles. The predicted octanol–water partition coefficient (Wildman–Crippen LogP) is 9.38. The van der Waals surface area contributed by atoms with Gasteiger partial charge in [-0.1, -0.05) is 24.0 Å². The highest BCUT2D eigenvalue weighted by Gasteiger charge is 2.41. The van der Waals surface area contributed by atoms with Crippen molar-refractivity contribution in [2.75, 3.05) is 7.11 Å². The van der Waals surface area contributed by atoms with Gasteiger partial charge < -0.3 is 14.6 Å². The zero-order valence-electron chi connectivity index (χ0n) is 23.5. The summed E-state index contributed by atoms with van der Waals surface area (Å²) >= 11 is 0. The molecule has 0 bridgehead atoms. The smallest absolute Gasteiger partial charge is 0.432 e. The monoisotopic (exact) mass is 662 g/mol. The molecule has 0 aliphatic carbocycles. The highest BCUT2D eigenvalue weighted by molar-refractivity contribution is 5.73. The van der Waals surface area contributed by atoms with Gasteiger partial charge in [0.1, 0.15) is 57.5 Å². The fourth-order valence-corrected chi connectivity index (χ4v) is 4.52. The molecule has 47 heavy (non-hydrogen) atoms. The SMILES string of the molecule is COc1cc(-c2ccc(-c3ccc(O)cc3F)cc2F)cc(F)c1C#Cc1cc(F)c(C(F)(F)Oc2cc(F)c(F)c(F)c2)c(F)c1. The molecule has 0 saturated heterocycles. The van der Waals surface area contributed by atoms with Crippen LogP contribution < -0.4 is 9.47 Å². The highest BCUT2D eigenvalue weighted by Crippen LogP contribution is 2.37. The first-order chi connectivity index (χ1) is 22.2. The van der Waals surface area contributed by atoms with Crippen molar-refractivity contribution in [1.82, 2.24) is 0 Å². The lowest BCUT2D eigenvalue weighted by Gasteiger charge is -2.19. The van der Waals surface area contributed by atoms with Crippen molar-refractivity contribution >= 4 is 0 Å². The van der Waals surface area contributed by atoms with Crippen LogP contribution in [0.15, 0.2) is 72.8 Å². The lowest BCUT2D eigenvalue weighted by Crippen LogP contribution is -2.25. The van der Waals surface area contributed by atoms with Gasteiger partial charge in [0.15, 0.2) is 17.5 Å². The average Bonchev–Trinajstić information content (AvgIpc) is 2.98. The summed E-state index contributed by atoms with van der Waals surface area (Å²) in [5.74, 6) is -9.60. The number of halogens is 10. The summed E-state index contributed by atoms with van der Waals surface area (Å²) in [6.07, 6.45) is -4.83. The number of phenolic OH excluding ortho intramolecular Hbond substituents is 1. The van der Waals surface area contributed by atoms with Crippen LogP contribution in [0.5, 0.6) is 17.2 Å². The van der Waals surface area contributed by atoms with E-state index in [4.69, 9.17) is 4.74 Å². The molecule has 5 aromatic rings. The van der Waals surface area contributed by atoms with Gasteiger partial charge in [-0.15, -0.1) is 0 Å². The summed E-state index contributed by atoms with van der Waals surface area (Å²) in [5, 5.41) is 9.40. The minimum absolute atomic E-state index is 0.00144. The topological polar surface area (TPSA) is 38.7 Å². The second kappa shape index (κ2) is 12.6. The Morgan fingerprint density at radius 3 is 1.77 bits per heavy atom. The number of methoxy groups -OCH3 is 1. The maximum absolute atomic E-state index is 15.2. The van der Waals surface area contributed by atoms with Crippen LogP contribution in [0, 0.1) is 58.4 Å². The van der Waals surface area contributed by atoms with Crippen LogP contribution in [-0.4, -0.2) is 12.2 Å². The Balaban J connectivity index is 1.44. The minimum atomic E-state index is -4.83. The zero-order valence-corrected chi connectivity index (χ0v) is 23.5. The fourth-order valence-electron chi connectivity index (χ4n) is 4.52. The quantitative estimate of drug-likeness (QED) is 0.112. The molecule has 0 saturated carbocycles. The molecule has 0 unspecified atom stereocenters. The van der Waals surface area contributed by atoms with Gasteiger partial charge >= 0.3 is 6.11 Å². The number of phenols is 1. The van der Waals surface area contributed by atoms with Crippen molar-refractivity contribution in [1.29, 1.82) is 0 Å². The number of hydrogen-bond acceptors (Lipinski definition) is 3. The van der Waals surface area contributed by atoms with E-state index >= 15 is 8.78 Å². The standard InChI is InChI=1S/C34H16F10O3/c1-46-31-12-18(22-6-3-17(10-24(22)35)21-7-4-19(45)13-26(21)37)11-25(36)23(31)5-2-16-8-27(38)32(28(39)9-16)34(43,44)47-20-14-29(40)33(42)30(41)15-20/h3-4,6-15,45H,1H3. The van der Waals surface area contributed by atoms with Crippen molar-refractivity contribution in [3.63, 3.8) is 0 Å². The van der Waals surface area contributed by atoms with Gasteiger partial charge in [0.05, 0.1) is 7.11 Å². The molecule has 0 aliphatic rings. The number of benzene rings is 5. The van der Waals surface area contributed by atoms with Crippen LogP contribution in [0.2, 0.25) is 0 Å². The number of ether oxygens (including phenoxy) is 2. The molecule has 0 heterocycles. The van der Waals surface area contributed by atoms with Gasteiger partial charge in [0.2, 0.25) is 0 Å². The van der Waals surface area contributed by atoms with Crippen LogP contribution in [0.1, 0.15) is 16.7 Å². The lowest BCUT2D eigenvalue weighted by molar-refractivity contribution is -0.189. The third-order valence-corrected chi connectivity index (χ3v) is 6.69. The van der Waals surface area contributed by atoms with Gasteiger partial charge in [-0.2, -0.15) is 8.78 Å². The molecule has 0 amide bonds. The van der Waals surface area contributed by atoms with Crippen LogP contribution in [-0.2, 0) is 6.11 Å². The minimum Gasteiger partial charge on any atom is -0.508 e. The molecule has 0 atom stereocenters. The van der Waals surface area contributed by atoms with Gasteiger partial charge in [-0.3, -0.25) is 0 Å². The number of hydrogen-bond donors (Lipinski definition) is 1. The summed E-state index contributed by atoms with van der Waals surface area (Å²) in [6, 6.07) is 9.86. The molecule has 1 N–H and O–H groups in total. The maximum atomic E-state index is 15.2. The molecule has 3 nitrogen and oxygen atoms in total. The van der Waals surface area contributed by atoms with Crippen molar-refractivity contribution in [3.05, 3.63) is 136 Å². The van der Waals surface area contributed by atoms with Crippen LogP contribution in [0.4, 0.5) is 43.9 Å². The van der Waals surface area contributed by atoms with E-state index in [9.17, 15) is 40.2 Å². The van der Waals surface area contributed by atoms with E-state index in [-0.39, 0.29) is 45.9 Å². The number of alkyl halides is 2. The van der Waals surface area contributed by atoms with E-state index in [2.05, 4.69) is 16.6 Å². The predicted molar refractivity (Wildman–Crippen MR) is 149 cm³/mol. The molecule has 0 aliphatic heterocycles. The molecule has 0 fully saturated rings. The van der Waals surface area contributed by atoms with E-state index in [0.717, 1.165) is 25.3 Å². The summed E-state index contributed by atoms with van der Waals surface area (Å²) < 4.78 is 152. The van der Waals surface area contributed by atoms with Gasteiger partial charge in [-0.05, 0) is 53.6 Å². The average molecular weight is 662 g/mol. The van der Waals surface area contributed by atoms with Crippen LogP contribution >= 0.6 is 0 Å². The molecule has 240 valence electrons. The molecule has 0 radical (unpaired) electrons. The zero-order chi connectivity index (χ0) is 34.2. The molecule has 5 rings (SSSR count). The van der Waals surface area contributed by atoms with Gasteiger partial charge in [0.25, 0.3) is 0 Å². The van der Waals surface area contributed by atoms with E-state index in [1.54, 1.807) is 0 Å². The van der Waals surface area contributed by atoms with E-state index in [1.807, 2.05) is 0 Å². The summed E-state index contributed by atoms with van der Waals surface area (Å²) in [4.78, 5) is 0. The highest BCUT2D eigenvalue weighted by atomic mass is 19.3. The number of aromatic hydroxyl groups is 1. The molecule has 0 spiro atoms. The largest absolute Gasteiger partial charge is 0.508 e. The Morgan fingerprint density at radius 2 is 1.17 bits per heavy atom. The number of rotatable bonds is 6. The van der Waals surface area contributed by atoms with Crippen molar-refractivity contribution in [3.8, 4) is 51.3 Å². The molecule has 13 heteroatoms. The molecular formula is C34H16F10O3. The summed E-state index contributed by atoms with van der Waals surface area (Å²) in [7, 11) is 1.13. The van der Waals surface area contributed by atoms with Crippen molar-refractivity contribution in [2.45, 2.75) is 6.11 Å². The summed E-state index contributed by atoms with van der Waals surface area (Å²) in [5.41, 5.74) is -2.96. The molecular weight excluding hydrogens is 646 g/mol. The van der Waals surface area contributed by atoms with Gasteiger partial charge in [-0.25, -0.2) is 35.1 Å². The Labute approximate surface area is 259 Å². The normalized spacial score (nSPS) is 11.2. The van der Waals surface area contributed by atoms with Crippen LogP contribution in [0.3, 0.4) is 0 Å². The first kappa shape index (κ1) is 32.7.